The molecule has 0 aliphatic carbocycles. The van der Waals surface area contributed by atoms with Gasteiger partial charge in [0.2, 0.25) is 0 Å². The summed E-state index contributed by atoms with van der Waals surface area (Å²) in [6, 6.07) is 49.0. The first-order chi connectivity index (χ1) is 35.8. The molecule has 0 aliphatic rings. The van der Waals surface area contributed by atoms with Crippen LogP contribution in [0.15, 0.2) is 158 Å². The molecule has 0 fully saturated rings. The molecule has 376 valence electrons. The van der Waals surface area contributed by atoms with Gasteiger partial charge in [-0.3, -0.25) is 9.59 Å². The van der Waals surface area contributed by atoms with Gasteiger partial charge in [-0.2, -0.15) is 23.5 Å². The molecule has 0 amide bonds. The van der Waals surface area contributed by atoms with E-state index in [0.717, 1.165) is 55.4 Å². The average Bonchev–Trinajstić information content (AvgIpc) is 3.39. The molecular weight excluding hydrogens is 1060 g/mol. The quantitative estimate of drug-likeness (QED) is 0.0695. The number of hydrogen-bond acceptors (Lipinski definition) is 10. The van der Waals surface area contributed by atoms with Gasteiger partial charge < -0.3 is 30.0 Å². The van der Waals surface area contributed by atoms with Crippen molar-refractivity contribution in [2.45, 2.75) is 49.0 Å². The number of benzene rings is 6. The molecule has 0 bridgehead atoms. The van der Waals surface area contributed by atoms with Crippen LogP contribution in [0, 0.1) is 0 Å². The van der Waals surface area contributed by atoms with E-state index in [9.17, 15) is 29.4 Å². The normalized spacial score (nSPS) is 11.8. The van der Waals surface area contributed by atoms with E-state index in [1.807, 2.05) is 133 Å². The summed E-state index contributed by atoms with van der Waals surface area (Å²) in [6.45, 7) is 0. The van der Waals surface area contributed by atoms with E-state index < -0.39 is 23.9 Å². The minimum Gasteiger partial charge on any atom is -0.545 e. The topological polar surface area (TPSA) is 181 Å². The second-order valence-electron chi connectivity index (χ2n) is 17.1. The predicted octanol–water partition coefficient (Wildman–Crippen LogP) is 6.62. The van der Waals surface area contributed by atoms with Gasteiger partial charge in [-0.15, -0.1) is 0 Å². The predicted molar refractivity (Wildman–Crippen MR) is 297 cm³/mol. The maximum Gasteiger partial charge on any atom is 1.00 e. The third-order valence-corrected chi connectivity index (χ3v) is 15.1. The number of aryl methyl sites for hydroxylation is 2. The number of carboxylic acid groups (broad SMARTS) is 4. The van der Waals surface area contributed by atoms with Crippen LogP contribution in [-0.2, 0) is 22.4 Å². The number of carboxylic acids is 4. The molecule has 0 saturated carbocycles. The third kappa shape index (κ3) is 19.1. The summed E-state index contributed by atoms with van der Waals surface area (Å²) in [5, 5.41) is 44.5. The second-order valence-corrected chi connectivity index (χ2v) is 20.6. The zero-order valence-electron chi connectivity index (χ0n) is 41.9. The van der Waals surface area contributed by atoms with Crippen molar-refractivity contribution in [2.24, 2.45) is 0 Å². The van der Waals surface area contributed by atoms with Crippen molar-refractivity contribution in [1.82, 2.24) is 9.97 Å². The summed E-state index contributed by atoms with van der Waals surface area (Å²) in [5.74, 6) is -3.13. The van der Waals surface area contributed by atoms with Gasteiger partial charge in [0.05, 0.1) is 47.2 Å². The van der Waals surface area contributed by atoms with Gasteiger partial charge in [-0.25, -0.2) is 9.97 Å². The first kappa shape index (κ1) is 61.6. The van der Waals surface area contributed by atoms with Crippen LogP contribution in [0.4, 0.5) is 0 Å². The summed E-state index contributed by atoms with van der Waals surface area (Å²) < 4.78 is 0. The molecule has 8 rings (SSSR count). The van der Waals surface area contributed by atoms with Gasteiger partial charge in [0, 0.05) is 54.0 Å². The largest absolute Gasteiger partial charge is 1.00 e. The molecule has 76 heavy (non-hydrogen) atoms. The minimum atomic E-state index is -1.19. The zero-order chi connectivity index (χ0) is 52.4. The number of pyridine rings is 2. The standard InChI is InChI=1S/2C30H26ClNO4S.2Na/c2*31-24-12-9-22-10-14-25(32-27(22)19-24)13-8-20-4-3-6-23(18-20)28(37-17-16-29(33)34)15-11-21-5-1-2-7-26(21)30(35)36;;/h2*1-10,12-14,18-19,28H,11,15-17H2,(H,33,34)(H,35,36);;/q;;2*+1/p-2. The number of thioether (sulfide) groups is 2. The molecule has 2 atom stereocenters. The maximum atomic E-state index is 11.5. The molecular formula is C60H50Cl2N2Na2O8S2. The number of hydrogen-bond donors (Lipinski definition) is 2. The summed E-state index contributed by atoms with van der Waals surface area (Å²) in [7, 11) is 0. The van der Waals surface area contributed by atoms with Crippen LogP contribution >= 0.6 is 46.7 Å². The number of carbonyl (C=O) groups excluding carboxylic acids is 2. The first-order valence-electron chi connectivity index (χ1n) is 23.7. The molecule has 10 nitrogen and oxygen atoms in total. The van der Waals surface area contributed by atoms with Gasteiger partial charge >= 0.3 is 71.1 Å². The van der Waals surface area contributed by atoms with Gasteiger partial charge in [-0.1, -0.05) is 157 Å². The van der Waals surface area contributed by atoms with E-state index >= 15 is 0 Å². The SMILES string of the molecule is O=C(O)CCSC(CCc1ccccc1C(=O)[O-])c1cccc(C=Cc2ccc3ccc(Cl)cc3n2)c1.O=C(O)CCSC(CCc1ccccc1C(=O)[O-])c1cccc(C=Cc2ccc3ccc(Cl)cc3n2)c1.[Na+].[Na+]. The van der Waals surface area contributed by atoms with E-state index in [1.54, 1.807) is 59.9 Å². The number of halogens is 2. The summed E-state index contributed by atoms with van der Waals surface area (Å²) >= 11 is 15.4. The number of nitrogens with zero attached hydrogens (tertiary/aromatic N) is 2. The van der Waals surface area contributed by atoms with Crippen LogP contribution in [0.2, 0.25) is 10.0 Å². The number of rotatable bonds is 22. The van der Waals surface area contributed by atoms with Crippen molar-refractivity contribution in [3.8, 4) is 0 Å². The van der Waals surface area contributed by atoms with Crippen molar-refractivity contribution in [3.63, 3.8) is 0 Å². The first-order valence-corrected chi connectivity index (χ1v) is 26.6. The number of carbonyl (C=O) groups is 4. The summed E-state index contributed by atoms with van der Waals surface area (Å²) in [4.78, 5) is 54.5. The van der Waals surface area contributed by atoms with Crippen LogP contribution in [0.3, 0.4) is 0 Å². The second kappa shape index (κ2) is 31.2. The maximum absolute atomic E-state index is 11.5. The Morgan fingerprint density at radius 2 is 0.895 bits per heavy atom. The fourth-order valence-corrected chi connectivity index (χ4v) is 10.9. The van der Waals surface area contributed by atoms with Crippen LogP contribution in [0.25, 0.3) is 46.1 Å². The van der Waals surface area contributed by atoms with Crippen LogP contribution in [0.1, 0.15) is 102 Å². The third-order valence-electron chi connectivity index (χ3n) is 11.9. The van der Waals surface area contributed by atoms with E-state index in [1.165, 1.54) is 0 Å². The van der Waals surface area contributed by atoms with Gasteiger partial charge in [0.15, 0.2) is 0 Å². The Bertz CT molecular complexity index is 3140. The Morgan fingerprint density at radius 3 is 1.29 bits per heavy atom. The Hall–Kier alpha value is -5.22. The Balaban J connectivity index is 0.000000274. The summed E-state index contributed by atoms with van der Waals surface area (Å²) in [6.07, 6.45) is 10.4. The molecule has 2 unspecified atom stereocenters. The van der Waals surface area contributed by atoms with Crippen LogP contribution in [0.5, 0.6) is 0 Å². The smallest absolute Gasteiger partial charge is 0.545 e. The van der Waals surface area contributed by atoms with E-state index in [-0.39, 0.29) is 93.6 Å². The van der Waals surface area contributed by atoms with Crippen molar-refractivity contribution in [3.05, 3.63) is 224 Å². The van der Waals surface area contributed by atoms with E-state index in [0.29, 0.717) is 58.4 Å². The minimum absolute atomic E-state index is 0. The molecule has 0 saturated heterocycles. The van der Waals surface area contributed by atoms with Gasteiger partial charge in [0.1, 0.15) is 0 Å². The number of fused-ring (bicyclic) bond motifs is 2. The number of aromatic carboxylic acids is 2. The Morgan fingerprint density at radius 1 is 0.500 bits per heavy atom. The van der Waals surface area contributed by atoms with Crippen LogP contribution in [-0.4, -0.2) is 55.6 Å². The molecule has 2 N–H and O–H groups in total. The Kier molecular flexibility index (Phi) is 25.3. The fraction of sp³-hybridized carbons (Fsp3) is 0.167. The monoisotopic (exact) mass is 1110 g/mol. The zero-order valence-corrected chi connectivity index (χ0v) is 49.1. The molecule has 0 spiro atoms. The average molecular weight is 1110 g/mol. The molecule has 2 heterocycles. The summed E-state index contributed by atoms with van der Waals surface area (Å²) in [5.41, 5.74) is 9.19. The van der Waals surface area contributed by atoms with E-state index in [4.69, 9.17) is 33.4 Å². The number of aliphatic carboxylic acids is 2. The van der Waals surface area contributed by atoms with Crippen molar-refractivity contribution < 1.29 is 98.7 Å². The molecule has 2 aromatic heterocycles. The van der Waals surface area contributed by atoms with Crippen molar-refractivity contribution >= 4 is 117 Å². The van der Waals surface area contributed by atoms with E-state index in [2.05, 4.69) is 22.1 Å². The van der Waals surface area contributed by atoms with Gasteiger partial charge in [-0.05, 0) is 108 Å². The molecule has 0 aliphatic heterocycles. The van der Waals surface area contributed by atoms with Gasteiger partial charge in [0.25, 0.3) is 0 Å². The molecule has 8 aromatic rings. The fourth-order valence-electron chi connectivity index (χ4n) is 8.20. The molecule has 16 heteroatoms. The molecule has 0 radical (unpaired) electrons. The Labute approximate surface area is 504 Å². The number of aromatic nitrogens is 2. The van der Waals surface area contributed by atoms with Crippen molar-refractivity contribution in [2.75, 3.05) is 11.5 Å². The van der Waals surface area contributed by atoms with Crippen LogP contribution < -0.4 is 69.3 Å². The van der Waals surface area contributed by atoms with Crippen molar-refractivity contribution in [1.29, 1.82) is 0 Å². The molecule has 6 aromatic carbocycles.